The van der Waals surface area contributed by atoms with Crippen molar-refractivity contribution in [3.63, 3.8) is 0 Å². The lowest BCUT2D eigenvalue weighted by Gasteiger charge is -2.29. The highest BCUT2D eigenvalue weighted by molar-refractivity contribution is 9.10. The highest BCUT2D eigenvalue weighted by Gasteiger charge is 2.23. The van der Waals surface area contributed by atoms with E-state index in [2.05, 4.69) is 64.8 Å². The second kappa shape index (κ2) is 6.93. The average molecular weight is 394 g/mol. The monoisotopic (exact) mass is 393 g/mol. The topological polar surface area (TPSA) is 37.2 Å². The molecule has 0 radical (unpaired) electrons. The summed E-state index contributed by atoms with van der Waals surface area (Å²) in [5.41, 5.74) is 1.12. The van der Waals surface area contributed by atoms with Gasteiger partial charge < -0.3 is 4.90 Å². The maximum Gasteiger partial charge on any atom is 0.193 e. The fraction of sp³-hybridized carbons (Fsp3) is 0.500. The zero-order valence-electron chi connectivity index (χ0n) is 13.0. The van der Waals surface area contributed by atoms with E-state index in [1.165, 1.54) is 32.5 Å². The van der Waals surface area contributed by atoms with Crippen LogP contribution in [0.15, 0.2) is 33.9 Å². The van der Waals surface area contributed by atoms with E-state index in [-0.39, 0.29) is 0 Å². The van der Waals surface area contributed by atoms with Gasteiger partial charge in [0, 0.05) is 23.1 Å². The lowest BCUT2D eigenvalue weighted by Crippen LogP contribution is -2.37. The van der Waals surface area contributed by atoms with Crippen LogP contribution in [0.2, 0.25) is 0 Å². The molecule has 1 aromatic carbocycles. The lowest BCUT2D eigenvalue weighted by molar-refractivity contribution is 0.203. The molecule has 5 nitrogen and oxygen atoms in total. The van der Waals surface area contributed by atoms with Gasteiger partial charge in [-0.15, -0.1) is 10.2 Å². The van der Waals surface area contributed by atoms with E-state index in [1.54, 1.807) is 11.8 Å². The van der Waals surface area contributed by atoms with Crippen LogP contribution in [0, 0.1) is 0 Å². The number of fused-ring (bicyclic) bond motifs is 1. The van der Waals surface area contributed by atoms with Crippen molar-refractivity contribution in [1.82, 2.24) is 24.6 Å². The average Bonchev–Trinajstić information content (AvgIpc) is 3.23. The van der Waals surface area contributed by atoms with E-state index in [0.29, 0.717) is 0 Å². The van der Waals surface area contributed by atoms with Gasteiger partial charge in [-0.25, -0.2) is 0 Å². The lowest BCUT2D eigenvalue weighted by atomic mass is 10.2. The molecule has 4 rings (SSSR count). The molecule has 0 unspecified atom stereocenters. The van der Waals surface area contributed by atoms with Crippen LogP contribution in [0.3, 0.4) is 0 Å². The minimum absolute atomic E-state index is 0.884. The summed E-state index contributed by atoms with van der Waals surface area (Å²) in [7, 11) is 0. The highest BCUT2D eigenvalue weighted by atomic mass is 79.9. The standard InChI is InChI=1S/C16H20BrN5S/c17-14-5-3-13(4-6-14)15-18-19-16-22(15)11-21(12-23-16)10-9-20-7-1-2-8-20/h3-6H,1-2,7-12H2. The van der Waals surface area contributed by atoms with E-state index in [0.717, 1.165) is 40.1 Å². The summed E-state index contributed by atoms with van der Waals surface area (Å²) >= 11 is 5.27. The van der Waals surface area contributed by atoms with Crippen molar-refractivity contribution >= 4 is 27.7 Å². The number of aromatic nitrogens is 3. The van der Waals surface area contributed by atoms with E-state index < -0.39 is 0 Å². The highest BCUT2D eigenvalue weighted by Crippen LogP contribution is 2.29. The molecule has 1 aromatic heterocycles. The SMILES string of the molecule is Brc1ccc(-c2nnc3n2CN(CCN2CCCC2)CS3)cc1. The Balaban J connectivity index is 1.47. The van der Waals surface area contributed by atoms with Gasteiger partial charge in [0.15, 0.2) is 11.0 Å². The Kier molecular flexibility index (Phi) is 4.71. The first kappa shape index (κ1) is 15.6. The molecule has 2 aliphatic rings. The predicted molar refractivity (Wildman–Crippen MR) is 96.3 cm³/mol. The van der Waals surface area contributed by atoms with E-state index in [1.807, 2.05) is 0 Å². The second-order valence-corrected chi connectivity index (χ2v) is 7.93. The quantitative estimate of drug-likeness (QED) is 0.797. The molecule has 0 atom stereocenters. The number of nitrogens with zero attached hydrogens (tertiary/aromatic N) is 5. The van der Waals surface area contributed by atoms with Crippen LogP contribution in [0.4, 0.5) is 0 Å². The maximum absolute atomic E-state index is 4.41. The summed E-state index contributed by atoms with van der Waals surface area (Å²) in [5.74, 6) is 1.97. The van der Waals surface area contributed by atoms with Gasteiger partial charge in [-0.3, -0.25) is 9.47 Å². The zero-order valence-corrected chi connectivity index (χ0v) is 15.4. The van der Waals surface area contributed by atoms with Gasteiger partial charge in [0.2, 0.25) is 0 Å². The third-order valence-electron chi connectivity index (χ3n) is 4.47. The number of thioether (sulfide) groups is 1. The molecule has 23 heavy (non-hydrogen) atoms. The van der Waals surface area contributed by atoms with Crippen LogP contribution in [-0.2, 0) is 6.67 Å². The molecule has 0 spiro atoms. The molecule has 7 heteroatoms. The first-order valence-electron chi connectivity index (χ1n) is 8.06. The zero-order chi connectivity index (χ0) is 15.6. The molecule has 0 amide bonds. The Labute approximate surface area is 149 Å². The van der Waals surface area contributed by atoms with Crippen LogP contribution in [0.1, 0.15) is 12.8 Å². The third kappa shape index (κ3) is 3.47. The summed E-state index contributed by atoms with van der Waals surface area (Å²) in [4.78, 5) is 5.06. The minimum atomic E-state index is 0.884. The van der Waals surface area contributed by atoms with Gasteiger partial charge in [0.25, 0.3) is 0 Å². The molecule has 0 N–H and O–H groups in total. The molecule has 2 aliphatic heterocycles. The van der Waals surface area contributed by atoms with E-state index >= 15 is 0 Å². The Morgan fingerprint density at radius 1 is 1.00 bits per heavy atom. The van der Waals surface area contributed by atoms with E-state index in [4.69, 9.17) is 0 Å². The van der Waals surface area contributed by atoms with Crippen LogP contribution >= 0.6 is 27.7 Å². The summed E-state index contributed by atoms with van der Waals surface area (Å²) in [6, 6.07) is 8.29. The van der Waals surface area contributed by atoms with Gasteiger partial charge in [-0.1, -0.05) is 39.8 Å². The molecule has 1 fully saturated rings. The smallest absolute Gasteiger partial charge is 0.193 e. The van der Waals surface area contributed by atoms with Crippen molar-refractivity contribution in [2.24, 2.45) is 0 Å². The summed E-state index contributed by atoms with van der Waals surface area (Å²) in [5, 5.41) is 9.79. The summed E-state index contributed by atoms with van der Waals surface area (Å²) in [6.45, 7) is 5.70. The predicted octanol–water partition coefficient (Wildman–Crippen LogP) is 3.13. The van der Waals surface area contributed by atoms with Gasteiger partial charge in [0.1, 0.15) is 0 Å². The molecule has 0 saturated carbocycles. The summed E-state index contributed by atoms with van der Waals surface area (Å²) in [6.07, 6.45) is 2.72. The second-order valence-electron chi connectivity index (χ2n) is 6.10. The van der Waals surface area contributed by atoms with Crippen molar-refractivity contribution in [1.29, 1.82) is 0 Å². The third-order valence-corrected chi connectivity index (χ3v) is 6.05. The molecule has 1 saturated heterocycles. The largest absolute Gasteiger partial charge is 0.302 e. The first-order chi connectivity index (χ1) is 11.3. The van der Waals surface area contributed by atoms with Crippen LogP contribution in [-0.4, -0.2) is 56.6 Å². The molecule has 2 aromatic rings. The Hall–Kier alpha value is -0.890. The number of likely N-dealkylation sites (tertiary alicyclic amines) is 1. The number of rotatable bonds is 4. The van der Waals surface area contributed by atoms with Crippen molar-refractivity contribution in [2.45, 2.75) is 24.7 Å². The van der Waals surface area contributed by atoms with Gasteiger partial charge in [-0.2, -0.15) is 0 Å². The van der Waals surface area contributed by atoms with Crippen LogP contribution in [0.5, 0.6) is 0 Å². The molecule has 0 aliphatic carbocycles. The minimum Gasteiger partial charge on any atom is -0.302 e. The van der Waals surface area contributed by atoms with Gasteiger partial charge in [-0.05, 0) is 38.1 Å². The molecule has 0 bridgehead atoms. The Morgan fingerprint density at radius 2 is 1.74 bits per heavy atom. The number of benzene rings is 1. The molecular weight excluding hydrogens is 374 g/mol. The van der Waals surface area contributed by atoms with Gasteiger partial charge >= 0.3 is 0 Å². The molecular formula is C16H20BrN5S. The van der Waals surface area contributed by atoms with Crippen molar-refractivity contribution in [3.05, 3.63) is 28.7 Å². The maximum atomic E-state index is 4.41. The van der Waals surface area contributed by atoms with Crippen molar-refractivity contribution in [3.8, 4) is 11.4 Å². The Bertz CT molecular complexity index is 666. The number of halogens is 1. The summed E-state index contributed by atoms with van der Waals surface area (Å²) < 4.78 is 3.32. The fourth-order valence-corrected chi connectivity index (χ4v) is 4.32. The van der Waals surface area contributed by atoms with Crippen molar-refractivity contribution < 1.29 is 0 Å². The first-order valence-corrected chi connectivity index (χ1v) is 9.84. The fourth-order valence-electron chi connectivity index (χ4n) is 3.15. The number of hydrogen-bond acceptors (Lipinski definition) is 5. The molecule has 3 heterocycles. The number of hydrogen-bond donors (Lipinski definition) is 0. The normalized spacial score (nSPS) is 19.2. The van der Waals surface area contributed by atoms with Gasteiger partial charge in [0.05, 0.1) is 12.5 Å². The van der Waals surface area contributed by atoms with Crippen molar-refractivity contribution in [2.75, 3.05) is 32.1 Å². The Morgan fingerprint density at radius 3 is 2.52 bits per heavy atom. The van der Waals surface area contributed by atoms with Crippen LogP contribution < -0.4 is 0 Å². The molecule has 122 valence electrons. The van der Waals surface area contributed by atoms with E-state index in [9.17, 15) is 0 Å². The van der Waals surface area contributed by atoms with Crippen LogP contribution in [0.25, 0.3) is 11.4 Å².